The second-order valence-electron chi connectivity index (χ2n) is 5.71. The zero-order valence-electron chi connectivity index (χ0n) is 15.4. The van der Waals surface area contributed by atoms with Crippen molar-refractivity contribution in [1.82, 2.24) is 20.1 Å². The Morgan fingerprint density at radius 1 is 1.20 bits per heavy atom. The van der Waals surface area contributed by atoms with Gasteiger partial charge in [0.25, 0.3) is 0 Å². The third-order valence-corrected chi connectivity index (χ3v) is 4.16. The third-order valence-electron chi connectivity index (χ3n) is 3.81. The van der Waals surface area contributed by atoms with Crippen LogP contribution in [0.5, 0.6) is 11.5 Å². The van der Waals surface area contributed by atoms with Crippen molar-refractivity contribution in [2.45, 2.75) is 53.2 Å². The Morgan fingerprint density at radius 2 is 1.96 bits per heavy atom. The summed E-state index contributed by atoms with van der Waals surface area (Å²) in [6.07, 6.45) is 2.51. The zero-order valence-corrected chi connectivity index (χ0v) is 16.1. The van der Waals surface area contributed by atoms with Crippen LogP contribution in [-0.4, -0.2) is 28.0 Å². The molecule has 2 rings (SSSR count). The molecule has 25 heavy (non-hydrogen) atoms. The lowest BCUT2D eigenvalue weighted by Gasteiger charge is -2.17. The number of rotatable bonds is 10. The summed E-state index contributed by atoms with van der Waals surface area (Å²) in [5.41, 5.74) is 0.961. The van der Waals surface area contributed by atoms with Gasteiger partial charge in [0.2, 0.25) is 0 Å². The number of hydrogen-bond donors (Lipinski definition) is 1. The second-order valence-corrected chi connectivity index (χ2v) is 6.12. The van der Waals surface area contributed by atoms with Gasteiger partial charge in [-0.2, -0.15) is 5.10 Å². The molecule has 6 nitrogen and oxygen atoms in total. The molecule has 0 spiro atoms. The smallest absolute Gasteiger partial charge is 0.162 e. The van der Waals surface area contributed by atoms with Crippen molar-refractivity contribution in [1.29, 1.82) is 0 Å². The number of hydrogen-bond acceptors (Lipinski definition) is 5. The Labute approximate surface area is 154 Å². The maximum atomic E-state index is 6.44. The third kappa shape index (κ3) is 5.09. The first-order chi connectivity index (χ1) is 12.1. The van der Waals surface area contributed by atoms with E-state index in [1.807, 2.05) is 30.7 Å². The zero-order chi connectivity index (χ0) is 18.2. The van der Waals surface area contributed by atoms with Crippen molar-refractivity contribution in [2.24, 2.45) is 0 Å². The van der Waals surface area contributed by atoms with Crippen LogP contribution in [-0.2, 0) is 13.1 Å². The van der Waals surface area contributed by atoms with Gasteiger partial charge < -0.3 is 14.8 Å². The first-order valence-corrected chi connectivity index (χ1v) is 9.17. The van der Waals surface area contributed by atoms with Crippen LogP contribution in [0.15, 0.2) is 18.5 Å². The van der Waals surface area contributed by atoms with E-state index < -0.39 is 0 Å². The van der Waals surface area contributed by atoms with Crippen LogP contribution in [0.1, 0.15) is 51.5 Å². The van der Waals surface area contributed by atoms with Gasteiger partial charge in [0, 0.05) is 24.2 Å². The molecule has 1 aromatic heterocycles. The maximum Gasteiger partial charge on any atom is 0.162 e. The molecule has 0 aliphatic rings. The number of nitrogens with zero attached hydrogens (tertiary/aromatic N) is 3. The molecule has 2 aromatic rings. The summed E-state index contributed by atoms with van der Waals surface area (Å²) < 4.78 is 13.3. The summed E-state index contributed by atoms with van der Waals surface area (Å²) in [5, 5.41) is 8.31. The number of nitrogens with one attached hydrogen (secondary N) is 1. The molecule has 1 aromatic carbocycles. The van der Waals surface area contributed by atoms with Crippen molar-refractivity contribution >= 4 is 11.6 Å². The number of aromatic nitrogens is 3. The molecule has 0 bridgehead atoms. The van der Waals surface area contributed by atoms with Crippen molar-refractivity contribution in [3.05, 3.63) is 34.9 Å². The van der Waals surface area contributed by atoms with Crippen LogP contribution >= 0.6 is 11.6 Å². The normalized spacial score (nSPS) is 12.2. The quantitative estimate of drug-likeness (QED) is 0.688. The summed E-state index contributed by atoms with van der Waals surface area (Å²) in [6, 6.07) is 3.84. The average molecular weight is 367 g/mol. The predicted molar refractivity (Wildman–Crippen MR) is 99.4 cm³/mol. The van der Waals surface area contributed by atoms with Gasteiger partial charge in [0.15, 0.2) is 11.5 Å². The first-order valence-electron chi connectivity index (χ1n) is 8.79. The Morgan fingerprint density at radius 3 is 2.64 bits per heavy atom. The van der Waals surface area contributed by atoms with Gasteiger partial charge in [-0.15, -0.1) is 0 Å². The number of aryl methyl sites for hydroxylation is 1. The molecule has 0 saturated heterocycles. The minimum Gasteiger partial charge on any atom is -0.490 e. The molecule has 0 fully saturated rings. The molecule has 0 aliphatic heterocycles. The molecule has 7 heteroatoms. The highest BCUT2D eigenvalue weighted by Gasteiger charge is 2.15. The summed E-state index contributed by atoms with van der Waals surface area (Å²) in [5.74, 6) is 2.32. The fraction of sp³-hybridized carbons (Fsp3) is 0.556. The molecule has 0 saturated carbocycles. The highest BCUT2D eigenvalue weighted by Crippen LogP contribution is 2.34. The maximum absolute atomic E-state index is 6.44. The summed E-state index contributed by atoms with van der Waals surface area (Å²) in [7, 11) is 0. The van der Waals surface area contributed by atoms with E-state index in [-0.39, 0.29) is 6.04 Å². The van der Waals surface area contributed by atoms with E-state index in [0.717, 1.165) is 30.1 Å². The van der Waals surface area contributed by atoms with Crippen LogP contribution in [0.4, 0.5) is 0 Å². The van der Waals surface area contributed by atoms with Crippen LogP contribution < -0.4 is 14.8 Å². The van der Waals surface area contributed by atoms with Gasteiger partial charge in [-0.1, -0.05) is 18.5 Å². The van der Waals surface area contributed by atoms with Crippen LogP contribution in [0.25, 0.3) is 0 Å². The van der Waals surface area contributed by atoms with Gasteiger partial charge in [0.05, 0.1) is 19.3 Å². The SMILES string of the molecule is CCCOc1cc(Cl)c(CN[C@@H](C)c2ncnn2CC)cc1OCC. The van der Waals surface area contributed by atoms with Crippen LogP contribution in [0, 0.1) is 0 Å². The first kappa shape index (κ1) is 19.5. The van der Waals surface area contributed by atoms with Crippen LogP contribution in [0.2, 0.25) is 5.02 Å². The van der Waals surface area contributed by atoms with E-state index >= 15 is 0 Å². The Bertz CT molecular complexity index is 675. The molecule has 0 amide bonds. The lowest BCUT2D eigenvalue weighted by molar-refractivity contribution is 0.276. The Balaban J connectivity index is 2.11. The fourth-order valence-electron chi connectivity index (χ4n) is 2.51. The van der Waals surface area contributed by atoms with Crippen LogP contribution in [0.3, 0.4) is 0 Å². The molecular formula is C18H27ClN4O2. The molecule has 0 aliphatic carbocycles. The molecule has 138 valence electrons. The second kappa shape index (κ2) is 9.63. The summed E-state index contributed by atoms with van der Waals surface area (Å²) in [4.78, 5) is 4.33. The molecule has 1 heterocycles. The molecule has 1 N–H and O–H groups in total. The van der Waals surface area contributed by atoms with Gasteiger partial charge in [-0.3, -0.25) is 0 Å². The minimum atomic E-state index is 0.0603. The molecule has 0 unspecified atom stereocenters. The standard InChI is InChI=1S/C18H27ClN4O2/c1-5-8-25-17-10-15(19)14(9-16(17)24-7-3)11-20-13(4)18-21-12-22-23(18)6-2/h9-10,12-13,20H,5-8,11H2,1-4H3/t13-/m0/s1. The lowest BCUT2D eigenvalue weighted by atomic mass is 10.1. The van der Waals surface area contributed by atoms with Crippen molar-refractivity contribution in [2.75, 3.05) is 13.2 Å². The fourth-order valence-corrected chi connectivity index (χ4v) is 2.73. The Kier molecular flexibility index (Phi) is 7.52. The van der Waals surface area contributed by atoms with Crippen molar-refractivity contribution in [3.63, 3.8) is 0 Å². The van der Waals surface area contributed by atoms with Gasteiger partial charge >= 0.3 is 0 Å². The number of ether oxygens (including phenoxy) is 2. The van der Waals surface area contributed by atoms with E-state index in [0.29, 0.717) is 30.5 Å². The Hall–Kier alpha value is -1.79. The largest absolute Gasteiger partial charge is 0.490 e. The van der Waals surface area contributed by atoms with E-state index in [2.05, 4.69) is 29.2 Å². The van der Waals surface area contributed by atoms with Crippen molar-refractivity contribution < 1.29 is 9.47 Å². The summed E-state index contributed by atoms with van der Waals surface area (Å²) in [6.45, 7) is 10.7. The highest BCUT2D eigenvalue weighted by molar-refractivity contribution is 6.31. The van der Waals surface area contributed by atoms with E-state index in [4.69, 9.17) is 21.1 Å². The average Bonchev–Trinajstić information content (AvgIpc) is 3.09. The minimum absolute atomic E-state index is 0.0603. The van der Waals surface area contributed by atoms with E-state index in [9.17, 15) is 0 Å². The predicted octanol–water partition coefficient (Wildman–Crippen LogP) is 3.99. The lowest BCUT2D eigenvalue weighted by Crippen LogP contribution is -2.22. The van der Waals surface area contributed by atoms with Crippen molar-refractivity contribution in [3.8, 4) is 11.5 Å². The van der Waals surface area contributed by atoms with E-state index in [1.165, 1.54) is 0 Å². The van der Waals surface area contributed by atoms with Gasteiger partial charge in [-0.05, 0) is 38.8 Å². The van der Waals surface area contributed by atoms with E-state index in [1.54, 1.807) is 6.33 Å². The summed E-state index contributed by atoms with van der Waals surface area (Å²) >= 11 is 6.44. The highest BCUT2D eigenvalue weighted by atomic mass is 35.5. The molecular weight excluding hydrogens is 340 g/mol. The monoisotopic (exact) mass is 366 g/mol. The van der Waals surface area contributed by atoms with Gasteiger partial charge in [0.1, 0.15) is 12.2 Å². The molecule has 1 atom stereocenters. The van der Waals surface area contributed by atoms with Gasteiger partial charge in [-0.25, -0.2) is 9.67 Å². The topological polar surface area (TPSA) is 61.2 Å². The molecule has 0 radical (unpaired) electrons. The number of halogens is 1. The number of benzene rings is 1.